The fraction of sp³-hybridized carbons (Fsp3) is 1.00. The predicted molar refractivity (Wildman–Crippen MR) is 66.6 cm³/mol. The summed E-state index contributed by atoms with van der Waals surface area (Å²) in [6, 6.07) is 0. The second-order valence-corrected chi connectivity index (χ2v) is 5.22. The van der Waals surface area contributed by atoms with E-state index in [-0.39, 0.29) is 0 Å². The molecule has 3 nitrogen and oxygen atoms in total. The number of β-amino-alcohol motifs (C(OH)–C–C–N with tert-alkyl or cyclic N) is 1. The zero-order chi connectivity index (χ0) is 12.0. The van der Waals surface area contributed by atoms with Crippen molar-refractivity contribution in [3.8, 4) is 0 Å². The van der Waals surface area contributed by atoms with Gasteiger partial charge in [-0.15, -0.1) is 0 Å². The van der Waals surface area contributed by atoms with Crippen molar-refractivity contribution in [2.75, 3.05) is 26.2 Å². The molecule has 1 aliphatic heterocycles. The van der Waals surface area contributed by atoms with Crippen molar-refractivity contribution in [3.05, 3.63) is 0 Å². The molecule has 3 heteroatoms. The van der Waals surface area contributed by atoms with E-state index in [9.17, 15) is 5.11 Å². The van der Waals surface area contributed by atoms with Gasteiger partial charge in [-0.05, 0) is 39.2 Å². The molecule has 1 fully saturated rings. The Morgan fingerprint density at radius 2 is 2.19 bits per heavy atom. The quantitative estimate of drug-likeness (QED) is 0.756. The van der Waals surface area contributed by atoms with Crippen LogP contribution in [0.4, 0.5) is 0 Å². The van der Waals surface area contributed by atoms with Gasteiger partial charge in [0, 0.05) is 19.7 Å². The summed E-state index contributed by atoms with van der Waals surface area (Å²) in [4.78, 5) is 2.34. The van der Waals surface area contributed by atoms with Crippen LogP contribution in [-0.4, -0.2) is 48.0 Å². The topological polar surface area (TPSA) is 32.7 Å². The van der Waals surface area contributed by atoms with Gasteiger partial charge in [0.2, 0.25) is 0 Å². The van der Waals surface area contributed by atoms with E-state index in [4.69, 9.17) is 4.74 Å². The maximum absolute atomic E-state index is 10.1. The standard InChI is InChI=1S/C13H27NO2/c1-4-9-16-12-7-6-8-14(10-12)11-13(3,15)5-2/h12,15H,4-11H2,1-3H3. The molecule has 1 saturated heterocycles. The third-order valence-electron chi connectivity index (χ3n) is 3.35. The molecule has 0 aromatic carbocycles. The fourth-order valence-electron chi connectivity index (χ4n) is 2.17. The second kappa shape index (κ2) is 6.58. The summed E-state index contributed by atoms with van der Waals surface area (Å²) < 4.78 is 5.79. The Bertz CT molecular complexity index is 194. The summed E-state index contributed by atoms with van der Waals surface area (Å²) in [6.45, 7) is 9.82. The Morgan fingerprint density at radius 1 is 1.44 bits per heavy atom. The molecule has 1 N–H and O–H groups in total. The highest BCUT2D eigenvalue weighted by molar-refractivity contribution is 4.80. The van der Waals surface area contributed by atoms with Crippen LogP contribution in [0, 0.1) is 0 Å². The molecule has 0 aromatic heterocycles. The number of likely N-dealkylation sites (tertiary alicyclic amines) is 1. The minimum Gasteiger partial charge on any atom is -0.389 e. The van der Waals surface area contributed by atoms with Gasteiger partial charge in [0.15, 0.2) is 0 Å². The van der Waals surface area contributed by atoms with Crippen molar-refractivity contribution in [2.45, 2.75) is 58.2 Å². The van der Waals surface area contributed by atoms with E-state index in [1.807, 2.05) is 13.8 Å². The van der Waals surface area contributed by atoms with Gasteiger partial charge >= 0.3 is 0 Å². The number of nitrogens with zero attached hydrogens (tertiary/aromatic N) is 1. The molecular weight excluding hydrogens is 202 g/mol. The van der Waals surface area contributed by atoms with Gasteiger partial charge in [-0.3, -0.25) is 4.90 Å². The first kappa shape index (κ1) is 13.9. The molecule has 1 rings (SSSR count). The van der Waals surface area contributed by atoms with Crippen LogP contribution in [0.5, 0.6) is 0 Å². The minimum atomic E-state index is -0.549. The summed E-state index contributed by atoms with van der Waals surface area (Å²) >= 11 is 0. The highest BCUT2D eigenvalue weighted by atomic mass is 16.5. The molecule has 2 unspecified atom stereocenters. The molecule has 0 amide bonds. The molecule has 0 saturated carbocycles. The summed E-state index contributed by atoms with van der Waals surface area (Å²) in [5.74, 6) is 0. The van der Waals surface area contributed by atoms with Crippen molar-refractivity contribution < 1.29 is 9.84 Å². The van der Waals surface area contributed by atoms with Crippen LogP contribution in [-0.2, 0) is 4.74 Å². The Hall–Kier alpha value is -0.120. The molecule has 0 bridgehead atoms. The first-order valence-electron chi connectivity index (χ1n) is 6.63. The smallest absolute Gasteiger partial charge is 0.0743 e. The van der Waals surface area contributed by atoms with E-state index >= 15 is 0 Å². The van der Waals surface area contributed by atoms with Crippen molar-refractivity contribution in [2.24, 2.45) is 0 Å². The van der Waals surface area contributed by atoms with E-state index < -0.39 is 5.60 Å². The van der Waals surface area contributed by atoms with Crippen LogP contribution in [0.25, 0.3) is 0 Å². The number of rotatable bonds is 6. The van der Waals surface area contributed by atoms with Crippen LogP contribution in [0.15, 0.2) is 0 Å². The van der Waals surface area contributed by atoms with E-state index in [2.05, 4.69) is 11.8 Å². The Morgan fingerprint density at radius 3 is 2.81 bits per heavy atom. The lowest BCUT2D eigenvalue weighted by Gasteiger charge is -2.36. The number of aliphatic hydroxyl groups is 1. The van der Waals surface area contributed by atoms with E-state index in [0.717, 1.165) is 39.1 Å². The third-order valence-corrected chi connectivity index (χ3v) is 3.35. The lowest BCUT2D eigenvalue weighted by atomic mass is 10.0. The predicted octanol–water partition coefficient (Wildman–Crippen LogP) is 2.04. The third kappa shape index (κ3) is 4.81. The van der Waals surface area contributed by atoms with Crippen LogP contribution in [0.1, 0.15) is 46.5 Å². The normalized spacial score (nSPS) is 26.6. The van der Waals surface area contributed by atoms with E-state index in [1.54, 1.807) is 0 Å². The summed E-state index contributed by atoms with van der Waals surface area (Å²) in [6.07, 6.45) is 4.63. The van der Waals surface area contributed by atoms with E-state index in [0.29, 0.717) is 6.10 Å². The molecule has 0 radical (unpaired) electrons. The van der Waals surface area contributed by atoms with Crippen LogP contribution >= 0.6 is 0 Å². The maximum atomic E-state index is 10.1. The summed E-state index contributed by atoms with van der Waals surface area (Å²) in [5, 5.41) is 10.1. The van der Waals surface area contributed by atoms with Gasteiger partial charge in [-0.1, -0.05) is 13.8 Å². The zero-order valence-electron chi connectivity index (χ0n) is 11.0. The van der Waals surface area contributed by atoms with Crippen molar-refractivity contribution >= 4 is 0 Å². The molecule has 2 atom stereocenters. The molecule has 0 spiro atoms. The lowest BCUT2D eigenvalue weighted by Crippen LogP contribution is -2.47. The van der Waals surface area contributed by atoms with Gasteiger partial charge < -0.3 is 9.84 Å². The number of piperidine rings is 1. The van der Waals surface area contributed by atoms with Gasteiger partial charge in [-0.25, -0.2) is 0 Å². The monoisotopic (exact) mass is 229 g/mol. The number of ether oxygens (including phenoxy) is 1. The van der Waals surface area contributed by atoms with Crippen molar-refractivity contribution in [1.82, 2.24) is 4.90 Å². The maximum Gasteiger partial charge on any atom is 0.0743 e. The van der Waals surface area contributed by atoms with Gasteiger partial charge in [0.1, 0.15) is 0 Å². The minimum absolute atomic E-state index is 0.376. The summed E-state index contributed by atoms with van der Waals surface area (Å²) in [5.41, 5.74) is -0.549. The summed E-state index contributed by atoms with van der Waals surface area (Å²) in [7, 11) is 0. The Balaban J connectivity index is 2.32. The second-order valence-electron chi connectivity index (χ2n) is 5.22. The highest BCUT2D eigenvalue weighted by Gasteiger charge is 2.26. The Labute approximate surface area is 99.8 Å². The molecule has 0 aromatic rings. The number of hydrogen-bond acceptors (Lipinski definition) is 3. The number of hydrogen-bond donors (Lipinski definition) is 1. The molecule has 16 heavy (non-hydrogen) atoms. The molecule has 1 aliphatic rings. The van der Waals surface area contributed by atoms with Crippen LogP contribution < -0.4 is 0 Å². The molecule has 96 valence electrons. The van der Waals surface area contributed by atoms with Gasteiger partial charge in [0.25, 0.3) is 0 Å². The first-order valence-corrected chi connectivity index (χ1v) is 6.63. The first-order chi connectivity index (χ1) is 7.57. The van der Waals surface area contributed by atoms with Gasteiger partial charge in [0.05, 0.1) is 11.7 Å². The lowest BCUT2D eigenvalue weighted by molar-refractivity contribution is -0.0353. The van der Waals surface area contributed by atoms with Crippen molar-refractivity contribution in [1.29, 1.82) is 0 Å². The SMILES string of the molecule is CCCOC1CCCN(CC(C)(O)CC)C1. The van der Waals surface area contributed by atoms with E-state index in [1.165, 1.54) is 12.8 Å². The molecular formula is C13H27NO2. The zero-order valence-corrected chi connectivity index (χ0v) is 11.0. The molecule has 0 aliphatic carbocycles. The van der Waals surface area contributed by atoms with Crippen molar-refractivity contribution in [3.63, 3.8) is 0 Å². The van der Waals surface area contributed by atoms with Crippen LogP contribution in [0.2, 0.25) is 0 Å². The van der Waals surface area contributed by atoms with Crippen LogP contribution in [0.3, 0.4) is 0 Å². The highest BCUT2D eigenvalue weighted by Crippen LogP contribution is 2.18. The average molecular weight is 229 g/mol. The largest absolute Gasteiger partial charge is 0.389 e. The molecule has 1 heterocycles. The fourth-order valence-corrected chi connectivity index (χ4v) is 2.17. The van der Waals surface area contributed by atoms with Gasteiger partial charge in [-0.2, -0.15) is 0 Å². The Kier molecular flexibility index (Phi) is 5.73. The average Bonchev–Trinajstić information content (AvgIpc) is 2.26.